The van der Waals surface area contributed by atoms with E-state index in [9.17, 15) is 0 Å². The van der Waals surface area contributed by atoms with Gasteiger partial charge in [-0.05, 0) is 24.1 Å². The van der Waals surface area contributed by atoms with Crippen LogP contribution in [-0.4, -0.2) is 11.6 Å². The average Bonchev–Trinajstić information content (AvgIpc) is 2.19. The SMILES string of the molecule is CCCOCc1ccnc(NN)c1. The number of aromatic nitrogens is 1. The summed E-state index contributed by atoms with van der Waals surface area (Å²) >= 11 is 0. The van der Waals surface area contributed by atoms with E-state index < -0.39 is 0 Å². The van der Waals surface area contributed by atoms with Crippen LogP contribution in [0.25, 0.3) is 0 Å². The highest BCUT2D eigenvalue weighted by molar-refractivity contribution is 5.35. The molecule has 72 valence electrons. The quantitative estimate of drug-likeness (QED) is 0.408. The number of hydrogen-bond acceptors (Lipinski definition) is 4. The van der Waals surface area contributed by atoms with Gasteiger partial charge in [0.25, 0.3) is 0 Å². The maximum atomic E-state index is 5.37. The molecule has 0 radical (unpaired) electrons. The molecule has 0 saturated carbocycles. The molecule has 3 N–H and O–H groups in total. The van der Waals surface area contributed by atoms with Crippen LogP contribution in [0.5, 0.6) is 0 Å². The maximum absolute atomic E-state index is 5.37. The largest absolute Gasteiger partial charge is 0.377 e. The Labute approximate surface area is 78.1 Å². The topological polar surface area (TPSA) is 60.2 Å². The number of nitrogens with zero attached hydrogens (tertiary/aromatic N) is 1. The van der Waals surface area contributed by atoms with Crippen LogP contribution in [0.4, 0.5) is 5.82 Å². The maximum Gasteiger partial charge on any atom is 0.140 e. The first kappa shape index (κ1) is 9.95. The van der Waals surface area contributed by atoms with Crippen molar-refractivity contribution in [1.29, 1.82) is 0 Å². The van der Waals surface area contributed by atoms with Crippen molar-refractivity contribution in [3.63, 3.8) is 0 Å². The summed E-state index contributed by atoms with van der Waals surface area (Å²) in [5, 5.41) is 0. The van der Waals surface area contributed by atoms with E-state index in [4.69, 9.17) is 10.6 Å². The number of ether oxygens (including phenoxy) is 1. The molecule has 0 bridgehead atoms. The summed E-state index contributed by atoms with van der Waals surface area (Å²) in [5.74, 6) is 5.88. The van der Waals surface area contributed by atoms with Crippen molar-refractivity contribution in [2.75, 3.05) is 12.0 Å². The predicted molar refractivity (Wildman–Crippen MR) is 52.0 cm³/mol. The fourth-order valence-corrected chi connectivity index (χ4v) is 0.977. The fourth-order valence-electron chi connectivity index (χ4n) is 0.977. The Bertz CT molecular complexity index is 252. The molecule has 1 heterocycles. The molecule has 0 aliphatic heterocycles. The molecule has 0 saturated heterocycles. The summed E-state index contributed by atoms with van der Waals surface area (Å²) in [7, 11) is 0. The van der Waals surface area contributed by atoms with E-state index >= 15 is 0 Å². The van der Waals surface area contributed by atoms with E-state index in [1.54, 1.807) is 6.20 Å². The number of hydrazine groups is 1. The Kier molecular flexibility index (Phi) is 4.21. The zero-order valence-electron chi connectivity index (χ0n) is 7.79. The highest BCUT2D eigenvalue weighted by Gasteiger charge is 1.95. The molecule has 13 heavy (non-hydrogen) atoms. The van der Waals surface area contributed by atoms with E-state index in [1.165, 1.54) is 0 Å². The summed E-state index contributed by atoms with van der Waals surface area (Å²) in [4.78, 5) is 3.99. The highest BCUT2D eigenvalue weighted by Crippen LogP contribution is 2.06. The molecule has 0 aliphatic rings. The van der Waals surface area contributed by atoms with Crippen LogP contribution in [0.3, 0.4) is 0 Å². The van der Waals surface area contributed by atoms with E-state index in [0.717, 1.165) is 18.6 Å². The third kappa shape index (κ3) is 3.40. The summed E-state index contributed by atoms with van der Waals surface area (Å²) in [6.45, 7) is 3.48. The lowest BCUT2D eigenvalue weighted by Crippen LogP contribution is -2.08. The number of pyridine rings is 1. The molecule has 0 atom stereocenters. The number of rotatable bonds is 5. The second-order valence-electron chi connectivity index (χ2n) is 2.75. The number of nitrogens with two attached hydrogens (primary N) is 1. The number of hydrogen-bond donors (Lipinski definition) is 2. The van der Waals surface area contributed by atoms with Crippen LogP contribution in [0.1, 0.15) is 18.9 Å². The van der Waals surface area contributed by atoms with Crippen molar-refractivity contribution in [2.45, 2.75) is 20.0 Å². The lowest BCUT2D eigenvalue weighted by atomic mass is 10.3. The van der Waals surface area contributed by atoms with Gasteiger partial charge >= 0.3 is 0 Å². The van der Waals surface area contributed by atoms with Crippen molar-refractivity contribution in [3.05, 3.63) is 23.9 Å². The molecule has 1 aromatic heterocycles. The van der Waals surface area contributed by atoms with Crippen molar-refractivity contribution in [3.8, 4) is 0 Å². The lowest BCUT2D eigenvalue weighted by molar-refractivity contribution is 0.121. The normalized spacial score (nSPS) is 10.0. The van der Waals surface area contributed by atoms with Crippen molar-refractivity contribution in [2.24, 2.45) is 5.84 Å². The molecular formula is C9H15N3O. The minimum atomic E-state index is 0.616. The van der Waals surface area contributed by atoms with Gasteiger partial charge in [-0.15, -0.1) is 0 Å². The Morgan fingerprint density at radius 3 is 3.15 bits per heavy atom. The van der Waals surface area contributed by atoms with E-state index in [2.05, 4.69) is 17.3 Å². The van der Waals surface area contributed by atoms with Gasteiger partial charge in [0.05, 0.1) is 6.61 Å². The van der Waals surface area contributed by atoms with Gasteiger partial charge in [0.1, 0.15) is 5.82 Å². The van der Waals surface area contributed by atoms with Crippen LogP contribution < -0.4 is 11.3 Å². The average molecular weight is 181 g/mol. The van der Waals surface area contributed by atoms with Gasteiger partial charge in [-0.3, -0.25) is 0 Å². The van der Waals surface area contributed by atoms with Crippen LogP contribution in [-0.2, 0) is 11.3 Å². The molecular weight excluding hydrogens is 166 g/mol. The lowest BCUT2D eigenvalue weighted by Gasteiger charge is -2.04. The highest BCUT2D eigenvalue weighted by atomic mass is 16.5. The first-order valence-corrected chi connectivity index (χ1v) is 4.36. The summed E-state index contributed by atoms with van der Waals surface area (Å²) in [5.41, 5.74) is 3.57. The monoisotopic (exact) mass is 181 g/mol. The van der Waals surface area contributed by atoms with Crippen LogP contribution >= 0.6 is 0 Å². The minimum Gasteiger partial charge on any atom is -0.377 e. The zero-order chi connectivity index (χ0) is 9.52. The van der Waals surface area contributed by atoms with Gasteiger partial charge in [0, 0.05) is 12.8 Å². The summed E-state index contributed by atoms with van der Waals surface area (Å²) in [6, 6.07) is 3.78. The Balaban J connectivity index is 2.46. The van der Waals surface area contributed by atoms with Gasteiger partial charge < -0.3 is 10.2 Å². The standard InChI is InChI=1S/C9H15N3O/c1-2-5-13-7-8-3-4-11-9(6-8)12-10/h3-4,6H,2,5,7,10H2,1H3,(H,11,12). The molecule has 0 aliphatic carbocycles. The first-order chi connectivity index (χ1) is 6.36. The van der Waals surface area contributed by atoms with Crippen LogP contribution in [0, 0.1) is 0 Å². The summed E-state index contributed by atoms with van der Waals surface area (Å²) in [6.07, 6.45) is 2.74. The van der Waals surface area contributed by atoms with Gasteiger partial charge in [-0.25, -0.2) is 10.8 Å². The van der Waals surface area contributed by atoms with E-state index in [0.29, 0.717) is 12.4 Å². The second kappa shape index (κ2) is 5.50. The van der Waals surface area contributed by atoms with Crippen LogP contribution in [0.2, 0.25) is 0 Å². The van der Waals surface area contributed by atoms with Gasteiger partial charge in [-0.1, -0.05) is 6.92 Å². The van der Waals surface area contributed by atoms with Crippen molar-refractivity contribution < 1.29 is 4.74 Å². The molecule has 0 fully saturated rings. The molecule has 1 rings (SSSR count). The van der Waals surface area contributed by atoms with Crippen LogP contribution in [0.15, 0.2) is 18.3 Å². The minimum absolute atomic E-state index is 0.616. The zero-order valence-corrected chi connectivity index (χ0v) is 7.79. The molecule has 0 spiro atoms. The van der Waals surface area contributed by atoms with Gasteiger partial charge in [-0.2, -0.15) is 0 Å². The molecule has 0 amide bonds. The Morgan fingerprint density at radius 2 is 2.46 bits per heavy atom. The number of nitrogen functional groups attached to an aromatic ring is 1. The molecule has 0 aromatic carbocycles. The first-order valence-electron chi connectivity index (χ1n) is 4.36. The molecule has 1 aromatic rings. The van der Waals surface area contributed by atoms with Crippen molar-refractivity contribution >= 4 is 5.82 Å². The third-order valence-corrected chi connectivity index (χ3v) is 1.59. The number of anilines is 1. The molecule has 4 heteroatoms. The fraction of sp³-hybridized carbons (Fsp3) is 0.444. The van der Waals surface area contributed by atoms with Crippen molar-refractivity contribution in [1.82, 2.24) is 4.98 Å². The smallest absolute Gasteiger partial charge is 0.140 e. The van der Waals surface area contributed by atoms with Gasteiger partial charge in [0.15, 0.2) is 0 Å². The second-order valence-corrected chi connectivity index (χ2v) is 2.75. The van der Waals surface area contributed by atoms with E-state index in [-0.39, 0.29) is 0 Å². The number of nitrogens with one attached hydrogen (secondary N) is 1. The molecule has 0 unspecified atom stereocenters. The molecule has 4 nitrogen and oxygen atoms in total. The summed E-state index contributed by atoms with van der Waals surface area (Å²) < 4.78 is 5.37. The Morgan fingerprint density at radius 1 is 1.62 bits per heavy atom. The van der Waals surface area contributed by atoms with E-state index in [1.807, 2.05) is 12.1 Å². The third-order valence-electron chi connectivity index (χ3n) is 1.59. The predicted octanol–water partition coefficient (Wildman–Crippen LogP) is 1.29. The Hall–Kier alpha value is -1.13. The van der Waals surface area contributed by atoms with Gasteiger partial charge in [0.2, 0.25) is 0 Å².